The van der Waals surface area contributed by atoms with Crippen LogP contribution in [0.3, 0.4) is 0 Å². The number of aryl methyl sites for hydroxylation is 1. The van der Waals surface area contributed by atoms with Gasteiger partial charge in [0.15, 0.2) is 5.69 Å². The van der Waals surface area contributed by atoms with Crippen LogP contribution in [0.1, 0.15) is 23.7 Å². The summed E-state index contributed by atoms with van der Waals surface area (Å²) in [5, 5.41) is 13.1. The van der Waals surface area contributed by atoms with Gasteiger partial charge in [-0.05, 0) is 35.9 Å². The van der Waals surface area contributed by atoms with Crippen LogP contribution in [0, 0.1) is 11.3 Å². The molecule has 1 fully saturated rings. The molecule has 5 heteroatoms. The van der Waals surface area contributed by atoms with E-state index < -0.39 is 0 Å². The molecule has 1 aliphatic rings. The quantitative estimate of drug-likeness (QED) is 0.775. The van der Waals surface area contributed by atoms with Gasteiger partial charge in [0, 0.05) is 19.5 Å². The number of aromatic nitrogens is 2. The van der Waals surface area contributed by atoms with Crippen LogP contribution in [0.25, 0.3) is 0 Å². The van der Waals surface area contributed by atoms with Gasteiger partial charge in [-0.25, -0.2) is 0 Å². The van der Waals surface area contributed by atoms with E-state index in [0.29, 0.717) is 11.6 Å². The Balaban J connectivity index is 2.36. The van der Waals surface area contributed by atoms with Crippen LogP contribution >= 0.6 is 15.9 Å². The number of nitrogens with zero attached hydrogens (tertiary/aromatic N) is 4. The summed E-state index contributed by atoms with van der Waals surface area (Å²) in [5.41, 5.74) is 1.64. The van der Waals surface area contributed by atoms with E-state index in [9.17, 15) is 0 Å². The fourth-order valence-electron chi connectivity index (χ4n) is 2.18. The van der Waals surface area contributed by atoms with Crippen molar-refractivity contribution in [2.45, 2.75) is 12.3 Å². The van der Waals surface area contributed by atoms with E-state index in [2.05, 4.69) is 39.0 Å². The lowest BCUT2D eigenvalue weighted by Gasteiger charge is -2.11. The van der Waals surface area contributed by atoms with Gasteiger partial charge in [-0.2, -0.15) is 10.4 Å². The first-order valence-electron chi connectivity index (χ1n) is 4.94. The van der Waals surface area contributed by atoms with E-state index in [-0.39, 0.29) is 0 Å². The van der Waals surface area contributed by atoms with Crippen LogP contribution in [-0.2, 0) is 7.05 Å². The molecule has 2 heterocycles. The van der Waals surface area contributed by atoms with E-state index in [0.717, 1.165) is 29.7 Å². The summed E-state index contributed by atoms with van der Waals surface area (Å²) in [6.07, 6.45) is 1.14. The Morgan fingerprint density at radius 2 is 2.27 bits per heavy atom. The molecule has 0 bridgehead atoms. The highest BCUT2D eigenvalue weighted by Crippen LogP contribution is 2.32. The summed E-state index contributed by atoms with van der Waals surface area (Å²) in [5.74, 6) is 0.490. The highest BCUT2D eigenvalue weighted by atomic mass is 79.9. The first-order valence-corrected chi connectivity index (χ1v) is 5.73. The molecule has 0 aromatic carbocycles. The smallest absolute Gasteiger partial charge is 0.176 e. The van der Waals surface area contributed by atoms with Gasteiger partial charge in [-0.3, -0.25) is 4.68 Å². The molecule has 0 amide bonds. The number of hydrogen-bond acceptors (Lipinski definition) is 3. The molecule has 1 aliphatic heterocycles. The van der Waals surface area contributed by atoms with Gasteiger partial charge in [-0.1, -0.05) is 0 Å². The summed E-state index contributed by atoms with van der Waals surface area (Å²) in [6, 6.07) is 2.10. The second-order valence-corrected chi connectivity index (χ2v) is 4.82. The molecule has 80 valence electrons. The SMILES string of the molecule is CN1CCC(c2c(Br)c(C#N)nn2C)C1. The molecule has 1 aromatic heterocycles. The first kappa shape index (κ1) is 10.7. The number of halogens is 1. The van der Waals surface area contributed by atoms with Gasteiger partial charge in [0.1, 0.15) is 6.07 Å². The Morgan fingerprint density at radius 3 is 2.73 bits per heavy atom. The standard InChI is InChI=1S/C10H13BrN4/c1-14-4-3-7(6-14)10-9(11)8(5-12)13-15(10)2/h7H,3-4,6H2,1-2H3. The van der Waals surface area contributed by atoms with E-state index in [1.54, 1.807) is 0 Å². The highest BCUT2D eigenvalue weighted by Gasteiger charge is 2.27. The molecule has 0 radical (unpaired) electrons. The van der Waals surface area contributed by atoms with Gasteiger partial charge in [0.25, 0.3) is 0 Å². The number of hydrogen-bond donors (Lipinski definition) is 0. The molecule has 0 N–H and O–H groups in total. The Hall–Kier alpha value is -0.860. The van der Waals surface area contributed by atoms with Gasteiger partial charge in [0.2, 0.25) is 0 Å². The van der Waals surface area contributed by atoms with Crippen molar-refractivity contribution in [1.82, 2.24) is 14.7 Å². The maximum absolute atomic E-state index is 8.88. The van der Waals surface area contributed by atoms with Crippen LogP contribution in [0.2, 0.25) is 0 Å². The van der Waals surface area contributed by atoms with Crippen molar-refractivity contribution >= 4 is 15.9 Å². The van der Waals surface area contributed by atoms with Gasteiger partial charge in [0.05, 0.1) is 10.2 Å². The lowest BCUT2D eigenvalue weighted by Crippen LogP contribution is -2.14. The van der Waals surface area contributed by atoms with Crippen molar-refractivity contribution in [2.75, 3.05) is 20.1 Å². The van der Waals surface area contributed by atoms with Crippen LogP contribution in [0.4, 0.5) is 0 Å². The summed E-state index contributed by atoms with van der Waals surface area (Å²) in [7, 11) is 4.02. The van der Waals surface area contributed by atoms with E-state index in [1.165, 1.54) is 0 Å². The number of likely N-dealkylation sites (tertiary alicyclic amines) is 1. The van der Waals surface area contributed by atoms with E-state index >= 15 is 0 Å². The average molecular weight is 269 g/mol. The second-order valence-electron chi connectivity index (χ2n) is 4.03. The third kappa shape index (κ3) is 1.80. The lowest BCUT2D eigenvalue weighted by atomic mass is 10.0. The predicted molar refractivity (Wildman–Crippen MR) is 60.5 cm³/mol. The maximum Gasteiger partial charge on any atom is 0.176 e. The molecule has 15 heavy (non-hydrogen) atoms. The minimum absolute atomic E-state index is 0.488. The van der Waals surface area contributed by atoms with Crippen molar-refractivity contribution < 1.29 is 0 Å². The molecule has 0 saturated carbocycles. The van der Waals surface area contributed by atoms with Gasteiger partial charge in [-0.15, -0.1) is 0 Å². The molecule has 1 unspecified atom stereocenters. The Kier molecular flexibility index (Phi) is 2.81. The molecule has 1 aromatic rings. The van der Waals surface area contributed by atoms with Crippen LogP contribution in [-0.4, -0.2) is 34.8 Å². The van der Waals surface area contributed by atoms with Crippen molar-refractivity contribution in [3.05, 3.63) is 15.9 Å². The van der Waals surface area contributed by atoms with Crippen molar-refractivity contribution in [1.29, 1.82) is 5.26 Å². The summed E-state index contributed by atoms with van der Waals surface area (Å²) < 4.78 is 2.69. The zero-order chi connectivity index (χ0) is 11.0. The first-order chi connectivity index (χ1) is 7.13. The molecule has 4 nitrogen and oxygen atoms in total. The molecule has 0 spiro atoms. The van der Waals surface area contributed by atoms with Crippen molar-refractivity contribution in [3.8, 4) is 6.07 Å². The molecular formula is C10H13BrN4. The minimum atomic E-state index is 0.488. The normalized spacial score (nSPS) is 21.9. The summed E-state index contributed by atoms with van der Waals surface area (Å²) in [6.45, 7) is 2.16. The Bertz CT molecular complexity index is 418. The monoisotopic (exact) mass is 268 g/mol. The average Bonchev–Trinajstić information content (AvgIpc) is 2.71. The zero-order valence-electron chi connectivity index (χ0n) is 8.87. The second kappa shape index (κ2) is 3.95. The fraction of sp³-hybridized carbons (Fsp3) is 0.600. The third-order valence-electron chi connectivity index (χ3n) is 2.92. The largest absolute Gasteiger partial charge is 0.306 e. The number of likely N-dealkylation sites (N-methyl/N-ethyl adjacent to an activating group) is 1. The molecular weight excluding hydrogens is 256 g/mol. The number of nitriles is 1. The zero-order valence-corrected chi connectivity index (χ0v) is 10.5. The number of rotatable bonds is 1. The molecule has 1 atom stereocenters. The maximum atomic E-state index is 8.88. The lowest BCUT2D eigenvalue weighted by molar-refractivity contribution is 0.409. The predicted octanol–water partition coefficient (Wildman–Crippen LogP) is 1.47. The molecule has 1 saturated heterocycles. The molecule has 0 aliphatic carbocycles. The van der Waals surface area contributed by atoms with Crippen molar-refractivity contribution in [3.63, 3.8) is 0 Å². The van der Waals surface area contributed by atoms with Crippen LogP contribution in [0.5, 0.6) is 0 Å². The molecule has 2 rings (SSSR count). The topological polar surface area (TPSA) is 44.9 Å². The third-order valence-corrected chi connectivity index (χ3v) is 3.70. The van der Waals surface area contributed by atoms with Gasteiger partial charge >= 0.3 is 0 Å². The highest BCUT2D eigenvalue weighted by molar-refractivity contribution is 9.10. The van der Waals surface area contributed by atoms with E-state index in [4.69, 9.17) is 5.26 Å². The Labute approximate surface area is 97.6 Å². The summed E-state index contributed by atoms with van der Waals surface area (Å²) in [4.78, 5) is 2.30. The Morgan fingerprint density at radius 1 is 1.53 bits per heavy atom. The van der Waals surface area contributed by atoms with Crippen molar-refractivity contribution in [2.24, 2.45) is 7.05 Å². The van der Waals surface area contributed by atoms with E-state index in [1.807, 2.05) is 11.7 Å². The summed E-state index contributed by atoms with van der Waals surface area (Å²) >= 11 is 3.47. The fourth-order valence-corrected chi connectivity index (χ4v) is 2.93. The minimum Gasteiger partial charge on any atom is -0.306 e. The van der Waals surface area contributed by atoms with Crippen LogP contribution < -0.4 is 0 Å². The van der Waals surface area contributed by atoms with Gasteiger partial charge < -0.3 is 4.90 Å². The van der Waals surface area contributed by atoms with Crippen LogP contribution in [0.15, 0.2) is 4.47 Å².